The van der Waals surface area contributed by atoms with E-state index in [1.165, 1.54) is 0 Å². The van der Waals surface area contributed by atoms with Crippen LogP contribution in [-0.2, 0) is 6.54 Å². The molecule has 2 aromatic heterocycles. The summed E-state index contributed by atoms with van der Waals surface area (Å²) in [6, 6.07) is 8.11. The molecule has 0 spiro atoms. The Bertz CT molecular complexity index is 659. The van der Waals surface area contributed by atoms with E-state index in [0.717, 1.165) is 28.6 Å². The van der Waals surface area contributed by atoms with Crippen molar-refractivity contribution in [1.82, 2.24) is 19.7 Å². The first-order valence-corrected chi connectivity index (χ1v) is 6.79. The number of nitrogens with one attached hydrogen (secondary N) is 1. The van der Waals surface area contributed by atoms with Gasteiger partial charge in [0.2, 0.25) is 0 Å². The SMILES string of the molecule is Cc1nc(CNc2cccc(-n3cnnc3)c2)cs1. The number of aromatic nitrogens is 4. The summed E-state index contributed by atoms with van der Waals surface area (Å²) in [6.07, 6.45) is 3.37. The predicted molar refractivity (Wildman–Crippen MR) is 75.5 cm³/mol. The van der Waals surface area contributed by atoms with Crippen molar-refractivity contribution in [3.8, 4) is 5.69 Å². The Morgan fingerprint density at radius 2 is 2.11 bits per heavy atom. The Morgan fingerprint density at radius 1 is 1.26 bits per heavy atom. The van der Waals surface area contributed by atoms with Crippen molar-refractivity contribution in [2.24, 2.45) is 0 Å². The molecule has 0 atom stereocenters. The topological polar surface area (TPSA) is 55.6 Å². The van der Waals surface area contributed by atoms with Gasteiger partial charge in [-0.25, -0.2) is 4.98 Å². The molecule has 2 heterocycles. The summed E-state index contributed by atoms with van der Waals surface area (Å²) in [5, 5.41) is 14.2. The fraction of sp³-hybridized carbons (Fsp3) is 0.154. The summed E-state index contributed by atoms with van der Waals surface area (Å²) in [7, 11) is 0. The van der Waals surface area contributed by atoms with Gasteiger partial charge in [0.05, 0.1) is 22.9 Å². The van der Waals surface area contributed by atoms with Crippen molar-refractivity contribution in [3.05, 3.63) is 53.0 Å². The lowest BCUT2D eigenvalue weighted by molar-refractivity contribution is 1.04. The van der Waals surface area contributed by atoms with Crippen molar-refractivity contribution in [2.45, 2.75) is 13.5 Å². The summed E-state index contributed by atoms with van der Waals surface area (Å²) in [6.45, 7) is 2.75. The first-order valence-electron chi connectivity index (χ1n) is 5.91. The predicted octanol–water partition coefficient (Wildman–Crippen LogP) is 2.64. The van der Waals surface area contributed by atoms with Gasteiger partial charge >= 0.3 is 0 Å². The Labute approximate surface area is 115 Å². The summed E-state index contributed by atoms with van der Waals surface area (Å²) >= 11 is 1.67. The van der Waals surface area contributed by atoms with Gasteiger partial charge in [0.25, 0.3) is 0 Å². The summed E-state index contributed by atoms with van der Waals surface area (Å²) in [5.74, 6) is 0. The average Bonchev–Trinajstić information content (AvgIpc) is 3.08. The molecule has 96 valence electrons. The van der Waals surface area contributed by atoms with E-state index in [4.69, 9.17) is 0 Å². The molecule has 1 N–H and O–H groups in total. The van der Waals surface area contributed by atoms with Crippen molar-refractivity contribution >= 4 is 17.0 Å². The van der Waals surface area contributed by atoms with Crippen molar-refractivity contribution in [1.29, 1.82) is 0 Å². The van der Waals surface area contributed by atoms with Crippen LogP contribution in [0.3, 0.4) is 0 Å². The van der Waals surface area contributed by atoms with E-state index in [1.54, 1.807) is 24.0 Å². The van der Waals surface area contributed by atoms with Crippen molar-refractivity contribution < 1.29 is 0 Å². The monoisotopic (exact) mass is 271 g/mol. The van der Waals surface area contributed by atoms with Gasteiger partial charge in [0.15, 0.2) is 0 Å². The Balaban J connectivity index is 1.73. The molecule has 1 aromatic carbocycles. The molecule has 0 aliphatic rings. The first kappa shape index (κ1) is 11.9. The van der Waals surface area contributed by atoms with Gasteiger partial charge in [0, 0.05) is 11.1 Å². The number of anilines is 1. The quantitative estimate of drug-likeness (QED) is 0.792. The minimum atomic E-state index is 0.732. The first-order chi connectivity index (χ1) is 9.31. The fourth-order valence-corrected chi connectivity index (χ4v) is 2.41. The van der Waals surface area contributed by atoms with Crippen LogP contribution in [0.5, 0.6) is 0 Å². The normalized spacial score (nSPS) is 10.6. The molecule has 3 aromatic rings. The highest BCUT2D eigenvalue weighted by atomic mass is 32.1. The third kappa shape index (κ3) is 2.79. The largest absolute Gasteiger partial charge is 0.379 e. The Kier molecular flexibility index (Phi) is 3.24. The van der Waals surface area contributed by atoms with Gasteiger partial charge in [-0.3, -0.25) is 4.57 Å². The number of hydrogen-bond acceptors (Lipinski definition) is 5. The molecular formula is C13H13N5S. The van der Waals surface area contributed by atoms with Gasteiger partial charge in [0.1, 0.15) is 12.7 Å². The Morgan fingerprint density at radius 3 is 2.84 bits per heavy atom. The summed E-state index contributed by atoms with van der Waals surface area (Å²) < 4.78 is 1.87. The second-order valence-electron chi connectivity index (χ2n) is 4.13. The minimum absolute atomic E-state index is 0.732. The van der Waals surface area contributed by atoms with E-state index in [2.05, 4.69) is 31.9 Å². The van der Waals surface area contributed by atoms with Crippen molar-refractivity contribution in [2.75, 3.05) is 5.32 Å². The molecule has 5 nitrogen and oxygen atoms in total. The van der Waals surface area contributed by atoms with Crippen LogP contribution in [-0.4, -0.2) is 19.7 Å². The third-order valence-electron chi connectivity index (χ3n) is 2.70. The lowest BCUT2D eigenvalue weighted by Crippen LogP contribution is -2.00. The maximum Gasteiger partial charge on any atom is 0.123 e. The molecule has 0 radical (unpaired) electrons. The second-order valence-corrected chi connectivity index (χ2v) is 5.19. The van der Waals surface area contributed by atoms with Crippen LogP contribution in [0.15, 0.2) is 42.3 Å². The highest BCUT2D eigenvalue weighted by Crippen LogP contribution is 2.15. The fourth-order valence-electron chi connectivity index (χ4n) is 1.79. The molecule has 19 heavy (non-hydrogen) atoms. The Hall–Kier alpha value is -2.21. The van der Waals surface area contributed by atoms with E-state index in [1.807, 2.05) is 29.7 Å². The maximum atomic E-state index is 4.43. The number of aryl methyl sites for hydroxylation is 1. The zero-order valence-electron chi connectivity index (χ0n) is 10.4. The van der Waals surface area contributed by atoms with Crippen LogP contribution < -0.4 is 5.32 Å². The number of benzene rings is 1. The van der Waals surface area contributed by atoms with Gasteiger partial charge in [-0.15, -0.1) is 21.5 Å². The second kappa shape index (κ2) is 5.19. The van der Waals surface area contributed by atoms with E-state index in [9.17, 15) is 0 Å². The number of hydrogen-bond donors (Lipinski definition) is 1. The molecule has 0 amide bonds. The lowest BCUT2D eigenvalue weighted by atomic mass is 10.2. The number of nitrogens with zero attached hydrogens (tertiary/aromatic N) is 4. The van der Waals surface area contributed by atoms with Gasteiger partial charge in [-0.2, -0.15) is 0 Å². The molecule has 0 fully saturated rings. The van der Waals surface area contributed by atoms with Gasteiger partial charge < -0.3 is 5.32 Å². The highest BCUT2D eigenvalue weighted by molar-refractivity contribution is 7.09. The van der Waals surface area contributed by atoms with Crippen LogP contribution in [0.2, 0.25) is 0 Å². The summed E-state index contributed by atoms with van der Waals surface area (Å²) in [5.41, 5.74) is 3.15. The van der Waals surface area contributed by atoms with Crippen molar-refractivity contribution in [3.63, 3.8) is 0 Å². The lowest BCUT2D eigenvalue weighted by Gasteiger charge is -2.07. The van der Waals surface area contributed by atoms with Crippen LogP contribution in [0, 0.1) is 6.92 Å². The molecule has 6 heteroatoms. The zero-order chi connectivity index (χ0) is 13.1. The molecular weight excluding hydrogens is 258 g/mol. The van der Waals surface area contributed by atoms with Crippen LogP contribution in [0.1, 0.15) is 10.7 Å². The minimum Gasteiger partial charge on any atom is -0.379 e. The zero-order valence-corrected chi connectivity index (χ0v) is 11.3. The van der Waals surface area contributed by atoms with Crippen LogP contribution >= 0.6 is 11.3 Å². The molecule has 0 aliphatic carbocycles. The summed E-state index contributed by atoms with van der Waals surface area (Å²) in [4.78, 5) is 4.43. The van der Waals surface area contributed by atoms with Crippen LogP contribution in [0.25, 0.3) is 5.69 Å². The van der Waals surface area contributed by atoms with E-state index in [-0.39, 0.29) is 0 Å². The molecule has 0 saturated heterocycles. The number of thiazole rings is 1. The van der Waals surface area contributed by atoms with Gasteiger partial charge in [-0.1, -0.05) is 6.07 Å². The van der Waals surface area contributed by atoms with E-state index in [0.29, 0.717) is 0 Å². The van der Waals surface area contributed by atoms with Gasteiger partial charge in [-0.05, 0) is 25.1 Å². The molecule has 0 bridgehead atoms. The third-order valence-corrected chi connectivity index (χ3v) is 3.53. The standard InChI is InChI=1S/C13H13N5S/c1-10-17-12(7-19-10)6-14-11-3-2-4-13(5-11)18-8-15-16-9-18/h2-5,7-9,14H,6H2,1H3. The highest BCUT2D eigenvalue weighted by Gasteiger charge is 2.00. The van der Waals surface area contributed by atoms with Crippen LogP contribution in [0.4, 0.5) is 5.69 Å². The molecule has 0 aliphatic heterocycles. The smallest absolute Gasteiger partial charge is 0.123 e. The number of rotatable bonds is 4. The molecule has 0 unspecified atom stereocenters. The van der Waals surface area contributed by atoms with E-state index < -0.39 is 0 Å². The molecule has 3 rings (SSSR count). The maximum absolute atomic E-state index is 4.43. The average molecular weight is 271 g/mol. The van der Waals surface area contributed by atoms with E-state index >= 15 is 0 Å². The molecule has 0 saturated carbocycles.